The van der Waals surface area contributed by atoms with E-state index in [2.05, 4.69) is 5.32 Å². The molecule has 2 atom stereocenters. The lowest BCUT2D eigenvalue weighted by Crippen LogP contribution is -2.43. The first-order valence-corrected chi connectivity index (χ1v) is 8.39. The molecule has 2 unspecified atom stereocenters. The lowest BCUT2D eigenvalue weighted by Gasteiger charge is -2.20. The van der Waals surface area contributed by atoms with E-state index in [1.54, 1.807) is 0 Å². The van der Waals surface area contributed by atoms with Gasteiger partial charge in [-0.2, -0.15) is 0 Å². The fraction of sp³-hybridized carbons (Fsp3) is 0.917. The fourth-order valence-corrected chi connectivity index (χ4v) is 3.00. The number of rotatable bonds is 5. The molecule has 0 saturated heterocycles. The van der Waals surface area contributed by atoms with Crippen molar-refractivity contribution in [1.82, 2.24) is 9.62 Å². The van der Waals surface area contributed by atoms with Crippen molar-refractivity contribution in [2.45, 2.75) is 38.1 Å². The van der Waals surface area contributed by atoms with Crippen LogP contribution >= 0.6 is 0 Å². The molecule has 3 N–H and O–H groups in total. The minimum absolute atomic E-state index is 0.0757. The zero-order valence-electron chi connectivity index (χ0n) is 11.8. The number of carbonyl (C=O) groups excluding carboxylic acids is 1. The number of carbonyl (C=O) groups is 1. The number of amides is 1. The monoisotopic (exact) mass is 291 g/mol. The molecule has 1 aliphatic rings. The zero-order valence-corrected chi connectivity index (χ0v) is 12.6. The van der Waals surface area contributed by atoms with Crippen LogP contribution in [0.3, 0.4) is 0 Å². The minimum Gasteiger partial charge on any atom is -0.355 e. The standard InChI is InChI=1S/C12H25N3O3S/c1-15(2)19(17,18)9-8-14-12(16)10-6-4-3-5-7-11(10)13/h10-11H,3-9,13H2,1-2H3,(H,14,16). The second-order valence-corrected chi connectivity index (χ2v) is 7.60. The van der Waals surface area contributed by atoms with E-state index in [1.807, 2.05) is 0 Å². The van der Waals surface area contributed by atoms with Gasteiger partial charge in [-0.05, 0) is 12.8 Å². The normalized spacial score (nSPS) is 25.1. The Morgan fingerprint density at radius 2 is 1.89 bits per heavy atom. The molecule has 1 fully saturated rings. The number of nitrogens with two attached hydrogens (primary N) is 1. The fourth-order valence-electron chi connectivity index (χ4n) is 2.28. The molecule has 0 aromatic heterocycles. The predicted octanol–water partition coefficient (Wildman–Crippen LogP) is -0.0984. The van der Waals surface area contributed by atoms with E-state index < -0.39 is 10.0 Å². The summed E-state index contributed by atoms with van der Waals surface area (Å²) in [6.45, 7) is 0.141. The summed E-state index contributed by atoms with van der Waals surface area (Å²) in [5, 5.41) is 2.70. The van der Waals surface area contributed by atoms with Crippen molar-refractivity contribution in [1.29, 1.82) is 0 Å². The third kappa shape index (κ3) is 5.08. The SMILES string of the molecule is CN(C)S(=O)(=O)CCNC(=O)C1CCCCCC1N. The van der Waals surface area contributed by atoms with E-state index >= 15 is 0 Å². The predicted molar refractivity (Wildman–Crippen MR) is 75.0 cm³/mol. The third-order valence-corrected chi connectivity index (χ3v) is 5.45. The smallest absolute Gasteiger partial charge is 0.224 e. The van der Waals surface area contributed by atoms with Gasteiger partial charge in [0.2, 0.25) is 15.9 Å². The van der Waals surface area contributed by atoms with Crippen molar-refractivity contribution >= 4 is 15.9 Å². The highest BCUT2D eigenvalue weighted by molar-refractivity contribution is 7.89. The van der Waals surface area contributed by atoms with Gasteiger partial charge in [0.25, 0.3) is 0 Å². The van der Waals surface area contributed by atoms with E-state index in [1.165, 1.54) is 14.1 Å². The van der Waals surface area contributed by atoms with Gasteiger partial charge in [-0.1, -0.05) is 19.3 Å². The highest BCUT2D eigenvalue weighted by atomic mass is 32.2. The molecular formula is C12H25N3O3S. The van der Waals surface area contributed by atoms with Crippen molar-refractivity contribution in [2.24, 2.45) is 11.7 Å². The lowest BCUT2D eigenvalue weighted by molar-refractivity contribution is -0.125. The summed E-state index contributed by atoms with van der Waals surface area (Å²) in [5.41, 5.74) is 6.00. The average molecular weight is 291 g/mol. The molecule has 1 rings (SSSR count). The van der Waals surface area contributed by atoms with Crippen LogP contribution in [0.2, 0.25) is 0 Å². The van der Waals surface area contributed by atoms with Crippen LogP contribution in [-0.4, -0.2) is 51.1 Å². The van der Waals surface area contributed by atoms with E-state index in [0.717, 1.165) is 36.4 Å². The Labute approximate surface area is 115 Å². The Kier molecular flexibility index (Phi) is 6.22. The molecule has 0 aromatic carbocycles. The maximum absolute atomic E-state index is 12.0. The van der Waals surface area contributed by atoms with Gasteiger partial charge < -0.3 is 11.1 Å². The van der Waals surface area contributed by atoms with E-state index in [4.69, 9.17) is 5.73 Å². The minimum atomic E-state index is -3.26. The van der Waals surface area contributed by atoms with Crippen molar-refractivity contribution in [3.8, 4) is 0 Å². The second-order valence-electron chi connectivity index (χ2n) is 5.30. The molecule has 0 aliphatic heterocycles. The van der Waals surface area contributed by atoms with Gasteiger partial charge in [0.1, 0.15) is 0 Å². The number of hydrogen-bond donors (Lipinski definition) is 2. The molecule has 1 amide bonds. The molecule has 0 spiro atoms. The maximum atomic E-state index is 12.0. The van der Waals surface area contributed by atoms with Crippen LogP contribution in [0.1, 0.15) is 32.1 Å². The molecule has 0 aromatic rings. The van der Waals surface area contributed by atoms with Crippen molar-refractivity contribution < 1.29 is 13.2 Å². The number of nitrogens with one attached hydrogen (secondary N) is 1. The van der Waals surface area contributed by atoms with Crippen LogP contribution in [0.25, 0.3) is 0 Å². The Balaban J connectivity index is 2.42. The molecule has 19 heavy (non-hydrogen) atoms. The molecule has 6 nitrogen and oxygen atoms in total. The second kappa shape index (κ2) is 7.21. The Bertz CT molecular complexity index is 395. The maximum Gasteiger partial charge on any atom is 0.224 e. The number of hydrogen-bond acceptors (Lipinski definition) is 4. The first kappa shape index (κ1) is 16.4. The molecule has 112 valence electrons. The largest absolute Gasteiger partial charge is 0.355 e. The number of sulfonamides is 1. The van der Waals surface area contributed by atoms with Gasteiger partial charge in [-0.15, -0.1) is 0 Å². The van der Waals surface area contributed by atoms with Crippen LogP contribution < -0.4 is 11.1 Å². The quantitative estimate of drug-likeness (QED) is 0.692. The van der Waals surface area contributed by atoms with E-state index in [-0.39, 0.29) is 30.2 Å². The summed E-state index contributed by atoms with van der Waals surface area (Å²) < 4.78 is 24.3. The highest BCUT2D eigenvalue weighted by Gasteiger charge is 2.27. The van der Waals surface area contributed by atoms with Gasteiger partial charge in [0, 0.05) is 26.7 Å². The van der Waals surface area contributed by atoms with Gasteiger partial charge in [-0.25, -0.2) is 12.7 Å². The van der Waals surface area contributed by atoms with Crippen molar-refractivity contribution in [3.63, 3.8) is 0 Å². The van der Waals surface area contributed by atoms with Crippen LogP contribution in [0.15, 0.2) is 0 Å². The number of nitrogens with zero attached hydrogens (tertiary/aromatic N) is 1. The first-order chi connectivity index (χ1) is 8.84. The summed E-state index contributed by atoms with van der Waals surface area (Å²) >= 11 is 0. The van der Waals surface area contributed by atoms with Gasteiger partial charge >= 0.3 is 0 Å². The first-order valence-electron chi connectivity index (χ1n) is 6.78. The van der Waals surface area contributed by atoms with Gasteiger partial charge in [-0.3, -0.25) is 4.79 Å². The zero-order chi connectivity index (χ0) is 14.5. The molecule has 1 aliphatic carbocycles. The van der Waals surface area contributed by atoms with E-state index in [0.29, 0.717) is 0 Å². The molecule has 0 heterocycles. The Morgan fingerprint density at radius 1 is 1.26 bits per heavy atom. The summed E-state index contributed by atoms with van der Waals surface area (Å²) in [7, 11) is -0.289. The summed E-state index contributed by atoms with van der Waals surface area (Å²) in [6.07, 6.45) is 4.87. The molecule has 0 bridgehead atoms. The van der Waals surface area contributed by atoms with Gasteiger partial charge in [0.05, 0.1) is 11.7 Å². The van der Waals surface area contributed by atoms with Crippen molar-refractivity contribution in [3.05, 3.63) is 0 Å². The average Bonchev–Trinajstić information content (AvgIpc) is 2.53. The highest BCUT2D eigenvalue weighted by Crippen LogP contribution is 2.22. The van der Waals surface area contributed by atoms with Crippen LogP contribution in [0, 0.1) is 5.92 Å². The molecular weight excluding hydrogens is 266 g/mol. The summed E-state index contributed by atoms with van der Waals surface area (Å²) in [4.78, 5) is 12.0. The van der Waals surface area contributed by atoms with Crippen LogP contribution in [0.5, 0.6) is 0 Å². The molecule has 7 heteroatoms. The molecule has 1 saturated carbocycles. The van der Waals surface area contributed by atoms with Crippen molar-refractivity contribution in [2.75, 3.05) is 26.4 Å². The van der Waals surface area contributed by atoms with E-state index in [9.17, 15) is 13.2 Å². The topological polar surface area (TPSA) is 92.5 Å². The van der Waals surface area contributed by atoms with Gasteiger partial charge in [0.15, 0.2) is 0 Å². The summed E-state index contributed by atoms with van der Waals surface area (Å²) in [6, 6.07) is -0.104. The Hall–Kier alpha value is -0.660. The Morgan fingerprint density at radius 3 is 2.53 bits per heavy atom. The van der Waals surface area contributed by atoms with Crippen LogP contribution in [-0.2, 0) is 14.8 Å². The molecule has 0 radical (unpaired) electrons. The lowest BCUT2D eigenvalue weighted by atomic mass is 9.95. The summed E-state index contributed by atoms with van der Waals surface area (Å²) in [5.74, 6) is -0.360. The van der Waals surface area contributed by atoms with Crippen LogP contribution in [0.4, 0.5) is 0 Å². The third-order valence-electron chi connectivity index (χ3n) is 3.62.